The molecule has 1 aliphatic rings. The lowest BCUT2D eigenvalue weighted by atomic mass is 10.0. The van der Waals surface area contributed by atoms with E-state index in [0.717, 1.165) is 24.0 Å². The van der Waals surface area contributed by atoms with Gasteiger partial charge in [0.05, 0.1) is 0 Å². The van der Waals surface area contributed by atoms with Gasteiger partial charge in [0.1, 0.15) is 6.04 Å². The number of carbonyl (C=O) groups is 2. The molecule has 0 bridgehead atoms. The van der Waals surface area contributed by atoms with E-state index < -0.39 is 12.0 Å². The van der Waals surface area contributed by atoms with E-state index in [1.807, 2.05) is 19.1 Å². The SMILES string of the molecule is Cc1ccc(/C=C/C(=O)N2CCCCC2C(=O)O)cc1Cl. The van der Waals surface area contributed by atoms with Crippen LogP contribution in [0.15, 0.2) is 24.3 Å². The molecule has 0 saturated carbocycles. The monoisotopic (exact) mass is 307 g/mol. The maximum atomic E-state index is 12.2. The molecule has 1 fully saturated rings. The van der Waals surface area contributed by atoms with Crippen molar-refractivity contribution < 1.29 is 14.7 Å². The van der Waals surface area contributed by atoms with Crippen LogP contribution in [0.5, 0.6) is 0 Å². The molecule has 4 nitrogen and oxygen atoms in total. The molecule has 21 heavy (non-hydrogen) atoms. The first-order valence-corrected chi connectivity index (χ1v) is 7.34. The number of benzene rings is 1. The van der Waals surface area contributed by atoms with Crippen LogP contribution in [0.4, 0.5) is 0 Å². The molecule has 1 heterocycles. The number of likely N-dealkylation sites (tertiary alicyclic amines) is 1. The molecule has 112 valence electrons. The van der Waals surface area contributed by atoms with Crippen LogP contribution >= 0.6 is 11.6 Å². The fourth-order valence-electron chi connectivity index (χ4n) is 2.43. The maximum absolute atomic E-state index is 12.2. The van der Waals surface area contributed by atoms with Crippen LogP contribution in [0.25, 0.3) is 6.08 Å². The van der Waals surface area contributed by atoms with Gasteiger partial charge >= 0.3 is 5.97 Å². The van der Waals surface area contributed by atoms with Gasteiger partial charge in [0, 0.05) is 17.6 Å². The number of amides is 1. The van der Waals surface area contributed by atoms with Crippen LogP contribution in [-0.4, -0.2) is 34.5 Å². The van der Waals surface area contributed by atoms with Gasteiger partial charge in [-0.05, 0) is 49.5 Å². The third kappa shape index (κ3) is 3.85. The van der Waals surface area contributed by atoms with Crippen molar-refractivity contribution >= 4 is 29.6 Å². The van der Waals surface area contributed by atoms with Crippen LogP contribution in [0.1, 0.15) is 30.4 Å². The van der Waals surface area contributed by atoms with Crippen molar-refractivity contribution in [3.8, 4) is 0 Å². The average molecular weight is 308 g/mol. The number of piperidine rings is 1. The quantitative estimate of drug-likeness (QED) is 0.873. The summed E-state index contributed by atoms with van der Waals surface area (Å²) in [4.78, 5) is 24.8. The van der Waals surface area contributed by atoms with E-state index in [-0.39, 0.29) is 5.91 Å². The van der Waals surface area contributed by atoms with Crippen LogP contribution in [0, 0.1) is 6.92 Å². The van der Waals surface area contributed by atoms with Crippen LogP contribution in [-0.2, 0) is 9.59 Å². The molecule has 5 heteroatoms. The lowest BCUT2D eigenvalue weighted by molar-refractivity contribution is -0.150. The van der Waals surface area contributed by atoms with Crippen LogP contribution < -0.4 is 0 Å². The summed E-state index contributed by atoms with van der Waals surface area (Å²) in [7, 11) is 0. The Morgan fingerprint density at radius 2 is 2.14 bits per heavy atom. The van der Waals surface area contributed by atoms with Crippen molar-refractivity contribution in [3.63, 3.8) is 0 Å². The number of hydrogen-bond acceptors (Lipinski definition) is 2. The summed E-state index contributed by atoms with van der Waals surface area (Å²) >= 11 is 6.04. The molecule has 1 aromatic rings. The van der Waals surface area contributed by atoms with Gasteiger partial charge in [-0.2, -0.15) is 0 Å². The molecular formula is C16H18ClNO3. The van der Waals surface area contributed by atoms with Crippen molar-refractivity contribution in [3.05, 3.63) is 40.4 Å². The van der Waals surface area contributed by atoms with Crippen molar-refractivity contribution in [2.75, 3.05) is 6.54 Å². The molecule has 1 atom stereocenters. The average Bonchev–Trinajstić information content (AvgIpc) is 2.48. The number of nitrogens with zero attached hydrogens (tertiary/aromatic N) is 1. The zero-order valence-electron chi connectivity index (χ0n) is 11.9. The molecule has 1 aliphatic heterocycles. The Morgan fingerprint density at radius 1 is 1.38 bits per heavy atom. The van der Waals surface area contributed by atoms with E-state index in [1.54, 1.807) is 12.1 Å². The van der Waals surface area contributed by atoms with E-state index in [9.17, 15) is 14.7 Å². The van der Waals surface area contributed by atoms with Gasteiger partial charge in [0.25, 0.3) is 0 Å². The number of aryl methyl sites for hydroxylation is 1. The number of carbonyl (C=O) groups excluding carboxylic acids is 1. The summed E-state index contributed by atoms with van der Waals surface area (Å²) in [6.45, 7) is 2.40. The molecule has 1 N–H and O–H groups in total. The van der Waals surface area contributed by atoms with Gasteiger partial charge in [-0.15, -0.1) is 0 Å². The highest BCUT2D eigenvalue weighted by molar-refractivity contribution is 6.31. The second-order valence-corrected chi connectivity index (χ2v) is 5.63. The highest BCUT2D eigenvalue weighted by Gasteiger charge is 2.30. The second-order valence-electron chi connectivity index (χ2n) is 5.22. The fraction of sp³-hybridized carbons (Fsp3) is 0.375. The molecule has 0 aliphatic carbocycles. The van der Waals surface area contributed by atoms with Crippen LogP contribution in [0.2, 0.25) is 5.02 Å². The second kappa shape index (κ2) is 6.76. The summed E-state index contributed by atoms with van der Waals surface area (Å²) in [6.07, 6.45) is 5.30. The molecule has 0 radical (unpaired) electrons. The Bertz CT molecular complexity index is 583. The van der Waals surface area contributed by atoms with E-state index in [0.29, 0.717) is 18.0 Å². The van der Waals surface area contributed by atoms with E-state index >= 15 is 0 Å². The molecule has 0 spiro atoms. The zero-order chi connectivity index (χ0) is 15.4. The summed E-state index contributed by atoms with van der Waals surface area (Å²) in [5, 5.41) is 9.82. The zero-order valence-corrected chi connectivity index (χ0v) is 12.6. The third-order valence-corrected chi connectivity index (χ3v) is 4.09. The summed E-state index contributed by atoms with van der Waals surface area (Å²) in [6, 6.07) is 4.83. The third-order valence-electron chi connectivity index (χ3n) is 3.69. The Balaban J connectivity index is 2.10. The molecular weight excluding hydrogens is 290 g/mol. The Kier molecular flexibility index (Phi) is 5.02. The van der Waals surface area contributed by atoms with Gasteiger partial charge in [-0.1, -0.05) is 23.7 Å². The Hall–Kier alpha value is -1.81. The molecule has 1 amide bonds. The topological polar surface area (TPSA) is 57.6 Å². The summed E-state index contributed by atoms with van der Waals surface area (Å²) in [5.41, 5.74) is 1.80. The predicted octanol–water partition coefficient (Wildman–Crippen LogP) is 3.13. The number of rotatable bonds is 3. The Morgan fingerprint density at radius 3 is 2.81 bits per heavy atom. The number of halogens is 1. The number of carboxylic acid groups (broad SMARTS) is 1. The summed E-state index contributed by atoms with van der Waals surface area (Å²) in [5.74, 6) is -1.20. The van der Waals surface area contributed by atoms with E-state index in [2.05, 4.69) is 0 Å². The van der Waals surface area contributed by atoms with Gasteiger partial charge < -0.3 is 10.0 Å². The number of aliphatic carboxylic acids is 1. The largest absolute Gasteiger partial charge is 0.480 e. The first-order valence-electron chi connectivity index (χ1n) is 6.96. The highest BCUT2D eigenvalue weighted by atomic mass is 35.5. The predicted molar refractivity (Wildman–Crippen MR) is 82.2 cm³/mol. The number of hydrogen-bond donors (Lipinski definition) is 1. The first kappa shape index (κ1) is 15.6. The van der Waals surface area contributed by atoms with E-state index in [1.165, 1.54) is 11.0 Å². The smallest absolute Gasteiger partial charge is 0.326 e. The maximum Gasteiger partial charge on any atom is 0.326 e. The van der Waals surface area contributed by atoms with Crippen molar-refractivity contribution in [2.45, 2.75) is 32.2 Å². The lowest BCUT2D eigenvalue weighted by Gasteiger charge is -2.32. The minimum absolute atomic E-state index is 0.265. The molecule has 1 saturated heterocycles. The normalized spacial score (nSPS) is 19.0. The molecule has 0 aromatic heterocycles. The lowest BCUT2D eigenvalue weighted by Crippen LogP contribution is -2.47. The minimum atomic E-state index is -0.935. The summed E-state index contributed by atoms with van der Waals surface area (Å²) < 4.78 is 0. The van der Waals surface area contributed by atoms with Crippen LogP contribution in [0.3, 0.4) is 0 Å². The van der Waals surface area contributed by atoms with Crippen molar-refractivity contribution in [2.24, 2.45) is 0 Å². The Labute approximate surface area is 129 Å². The minimum Gasteiger partial charge on any atom is -0.480 e. The molecule has 2 rings (SSSR count). The molecule has 1 unspecified atom stereocenters. The molecule has 1 aromatic carbocycles. The standard InChI is InChI=1S/C16H18ClNO3/c1-11-5-6-12(10-13(11)17)7-8-15(19)18-9-3-2-4-14(18)16(20)21/h5-8,10,14H,2-4,9H2,1H3,(H,20,21)/b8-7+. The van der Waals surface area contributed by atoms with Crippen molar-refractivity contribution in [1.82, 2.24) is 4.90 Å². The van der Waals surface area contributed by atoms with E-state index in [4.69, 9.17) is 11.6 Å². The first-order chi connectivity index (χ1) is 9.99. The van der Waals surface area contributed by atoms with Crippen molar-refractivity contribution in [1.29, 1.82) is 0 Å². The highest BCUT2D eigenvalue weighted by Crippen LogP contribution is 2.19. The van der Waals surface area contributed by atoms with Gasteiger partial charge in [-0.25, -0.2) is 4.79 Å². The van der Waals surface area contributed by atoms with Gasteiger partial charge in [-0.3, -0.25) is 4.79 Å². The van der Waals surface area contributed by atoms with Gasteiger partial charge in [0.2, 0.25) is 5.91 Å². The van der Waals surface area contributed by atoms with Gasteiger partial charge in [0.15, 0.2) is 0 Å². The fourth-order valence-corrected chi connectivity index (χ4v) is 2.62. The number of carboxylic acids is 1.